The predicted octanol–water partition coefficient (Wildman–Crippen LogP) is 4.10. The van der Waals surface area contributed by atoms with Crippen molar-refractivity contribution in [2.75, 3.05) is 6.54 Å². The molecule has 2 aromatic carbocycles. The molecule has 0 heterocycles. The molecule has 0 fully saturated rings. The van der Waals surface area contributed by atoms with E-state index >= 15 is 0 Å². The number of benzene rings is 2. The Morgan fingerprint density at radius 1 is 1.11 bits per heavy atom. The molecule has 0 aromatic heterocycles. The van der Waals surface area contributed by atoms with Crippen LogP contribution in [-0.2, 0) is 6.42 Å². The maximum atomic E-state index is 6.01. The molecule has 2 unspecified atom stereocenters. The van der Waals surface area contributed by atoms with Crippen molar-refractivity contribution in [3.8, 4) is 0 Å². The Balaban J connectivity index is 2.12. The van der Waals surface area contributed by atoms with Gasteiger partial charge in [-0.3, -0.25) is 0 Å². The van der Waals surface area contributed by atoms with Crippen LogP contribution in [0.25, 0.3) is 0 Å². The SMILES string of the molecule is NCC1CCc2ccc(Br)cc2C1c1ccccc1. The second kappa shape index (κ2) is 5.48. The molecule has 0 radical (unpaired) electrons. The first kappa shape index (κ1) is 12.9. The van der Waals surface area contributed by atoms with E-state index in [0.29, 0.717) is 11.8 Å². The summed E-state index contributed by atoms with van der Waals surface area (Å²) in [7, 11) is 0. The molecule has 1 aliphatic carbocycles. The van der Waals surface area contributed by atoms with Crippen molar-refractivity contribution in [1.82, 2.24) is 0 Å². The van der Waals surface area contributed by atoms with Gasteiger partial charge in [-0.05, 0) is 54.1 Å². The highest BCUT2D eigenvalue weighted by molar-refractivity contribution is 9.10. The highest BCUT2D eigenvalue weighted by Gasteiger charge is 2.29. The summed E-state index contributed by atoms with van der Waals surface area (Å²) in [6, 6.07) is 17.4. The fraction of sp³-hybridized carbons (Fsp3) is 0.294. The highest BCUT2D eigenvalue weighted by Crippen LogP contribution is 2.41. The summed E-state index contributed by atoms with van der Waals surface area (Å²) in [5, 5.41) is 0. The summed E-state index contributed by atoms with van der Waals surface area (Å²) in [5.41, 5.74) is 10.3. The van der Waals surface area contributed by atoms with Crippen LogP contribution in [0, 0.1) is 5.92 Å². The van der Waals surface area contributed by atoms with Crippen LogP contribution in [0.2, 0.25) is 0 Å². The molecule has 0 bridgehead atoms. The maximum Gasteiger partial charge on any atom is 0.0178 e. The molecule has 19 heavy (non-hydrogen) atoms. The number of nitrogens with two attached hydrogens (primary N) is 1. The Morgan fingerprint density at radius 3 is 2.63 bits per heavy atom. The minimum Gasteiger partial charge on any atom is -0.330 e. The summed E-state index contributed by atoms with van der Waals surface area (Å²) in [6.07, 6.45) is 2.33. The van der Waals surface area contributed by atoms with Crippen molar-refractivity contribution < 1.29 is 0 Å². The van der Waals surface area contributed by atoms with Crippen LogP contribution in [0.4, 0.5) is 0 Å². The van der Waals surface area contributed by atoms with E-state index in [0.717, 1.165) is 17.4 Å². The molecule has 98 valence electrons. The van der Waals surface area contributed by atoms with Gasteiger partial charge in [-0.2, -0.15) is 0 Å². The number of fused-ring (bicyclic) bond motifs is 1. The van der Waals surface area contributed by atoms with Crippen molar-refractivity contribution in [3.63, 3.8) is 0 Å². The Morgan fingerprint density at radius 2 is 1.89 bits per heavy atom. The molecule has 2 aromatic rings. The van der Waals surface area contributed by atoms with Gasteiger partial charge in [0.15, 0.2) is 0 Å². The van der Waals surface area contributed by atoms with E-state index < -0.39 is 0 Å². The lowest BCUT2D eigenvalue weighted by atomic mass is 9.72. The molecule has 3 rings (SSSR count). The molecule has 1 nitrogen and oxygen atoms in total. The Labute approximate surface area is 123 Å². The maximum absolute atomic E-state index is 6.01. The third-order valence-electron chi connectivity index (χ3n) is 4.16. The van der Waals surface area contributed by atoms with Gasteiger partial charge < -0.3 is 5.73 Å². The normalized spacial score (nSPS) is 22.0. The van der Waals surface area contributed by atoms with E-state index in [2.05, 4.69) is 64.5 Å². The molecular weight excluding hydrogens is 298 g/mol. The molecule has 0 spiro atoms. The van der Waals surface area contributed by atoms with Crippen LogP contribution in [0.5, 0.6) is 0 Å². The molecule has 2 heteroatoms. The van der Waals surface area contributed by atoms with E-state index in [-0.39, 0.29) is 0 Å². The average molecular weight is 316 g/mol. The monoisotopic (exact) mass is 315 g/mol. The van der Waals surface area contributed by atoms with Crippen molar-refractivity contribution >= 4 is 15.9 Å². The lowest BCUT2D eigenvalue weighted by Gasteiger charge is -2.33. The number of hydrogen-bond donors (Lipinski definition) is 1. The number of aryl methyl sites for hydroxylation is 1. The van der Waals surface area contributed by atoms with Crippen molar-refractivity contribution in [1.29, 1.82) is 0 Å². The Kier molecular flexibility index (Phi) is 3.72. The summed E-state index contributed by atoms with van der Waals surface area (Å²) >= 11 is 3.60. The first-order chi connectivity index (χ1) is 9.29. The van der Waals surface area contributed by atoms with Gasteiger partial charge in [-0.15, -0.1) is 0 Å². The van der Waals surface area contributed by atoms with E-state index in [9.17, 15) is 0 Å². The van der Waals surface area contributed by atoms with E-state index in [4.69, 9.17) is 5.73 Å². The number of halogens is 1. The first-order valence-electron chi connectivity index (χ1n) is 6.83. The third kappa shape index (κ3) is 2.47. The van der Waals surface area contributed by atoms with Gasteiger partial charge in [0.2, 0.25) is 0 Å². The smallest absolute Gasteiger partial charge is 0.0178 e. The minimum absolute atomic E-state index is 0.437. The molecule has 0 amide bonds. The van der Waals surface area contributed by atoms with Crippen LogP contribution >= 0.6 is 15.9 Å². The van der Waals surface area contributed by atoms with Crippen LogP contribution in [0.3, 0.4) is 0 Å². The Bertz CT molecular complexity index is 565. The van der Waals surface area contributed by atoms with Crippen LogP contribution in [0.15, 0.2) is 53.0 Å². The zero-order valence-corrected chi connectivity index (χ0v) is 12.4. The molecule has 0 saturated carbocycles. The van der Waals surface area contributed by atoms with Gasteiger partial charge in [0.1, 0.15) is 0 Å². The van der Waals surface area contributed by atoms with Crippen molar-refractivity contribution in [2.45, 2.75) is 18.8 Å². The fourth-order valence-electron chi connectivity index (χ4n) is 3.21. The molecule has 1 aliphatic rings. The van der Waals surface area contributed by atoms with Crippen LogP contribution in [-0.4, -0.2) is 6.54 Å². The van der Waals surface area contributed by atoms with E-state index in [1.54, 1.807) is 0 Å². The quantitative estimate of drug-likeness (QED) is 0.887. The standard InChI is InChI=1S/C17H18BrN/c18-15-9-8-12-6-7-14(11-19)17(16(12)10-15)13-4-2-1-3-5-13/h1-5,8-10,14,17H,6-7,11,19H2. The Hall–Kier alpha value is -1.12. The second-order valence-electron chi connectivity index (χ2n) is 5.27. The zero-order chi connectivity index (χ0) is 13.2. The van der Waals surface area contributed by atoms with Gasteiger partial charge in [0.05, 0.1) is 0 Å². The van der Waals surface area contributed by atoms with Crippen LogP contribution < -0.4 is 5.73 Å². The fourth-order valence-corrected chi connectivity index (χ4v) is 3.59. The third-order valence-corrected chi connectivity index (χ3v) is 4.65. The van der Waals surface area contributed by atoms with Gasteiger partial charge >= 0.3 is 0 Å². The lowest BCUT2D eigenvalue weighted by Crippen LogP contribution is -2.28. The molecule has 2 atom stereocenters. The second-order valence-corrected chi connectivity index (χ2v) is 6.18. The topological polar surface area (TPSA) is 26.0 Å². The average Bonchev–Trinajstić information content (AvgIpc) is 2.46. The van der Waals surface area contributed by atoms with E-state index in [1.807, 2.05) is 0 Å². The molecule has 0 saturated heterocycles. The van der Waals surface area contributed by atoms with E-state index in [1.165, 1.54) is 23.1 Å². The number of rotatable bonds is 2. The number of hydrogen-bond acceptors (Lipinski definition) is 1. The first-order valence-corrected chi connectivity index (χ1v) is 7.62. The van der Waals surface area contributed by atoms with Crippen molar-refractivity contribution in [3.05, 3.63) is 69.7 Å². The minimum atomic E-state index is 0.437. The predicted molar refractivity (Wildman–Crippen MR) is 83.3 cm³/mol. The van der Waals surface area contributed by atoms with Gasteiger partial charge in [-0.1, -0.05) is 52.3 Å². The van der Waals surface area contributed by atoms with Gasteiger partial charge in [0.25, 0.3) is 0 Å². The van der Waals surface area contributed by atoms with Crippen molar-refractivity contribution in [2.24, 2.45) is 11.7 Å². The lowest BCUT2D eigenvalue weighted by molar-refractivity contribution is 0.419. The molecular formula is C17H18BrN. The summed E-state index contributed by atoms with van der Waals surface area (Å²) in [4.78, 5) is 0. The summed E-state index contributed by atoms with van der Waals surface area (Å²) in [6.45, 7) is 0.755. The molecule has 0 aliphatic heterocycles. The zero-order valence-electron chi connectivity index (χ0n) is 10.9. The summed E-state index contributed by atoms with van der Waals surface area (Å²) in [5.74, 6) is 0.983. The van der Waals surface area contributed by atoms with Gasteiger partial charge in [0, 0.05) is 10.4 Å². The van der Waals surface area contributed by atoms with Gasteiger partial charge in [-0.25, -0.2) is 0 Å². The largest absolute Gasteiger partial charge is 0.330 e. The molecule has 2 N–H and O–H groups in total. The highest BCUT2D eigenvalue weighted by atomic mass is 79.9. The van der Waals surface area contributed by atoms with Crippen LogP contribution in [0.1, 0.15) is 29.0 Å². The summed E-state index contributed by atoms with van der Waals surface area (Å²) < 4.78 is 1.16.